The zero-order chi connectivity index (χ0) is 54.6. The first-order valence-electron chi connectivity index (χ1n) is 22.9. The van der Waals surface area contributed by atoms with Gasteiger partial charge in [0.25, 0.3) is 42.7 Å². The zero-order valence-electron chi connectivity index (χ0n) is 40.9. The van der Waals surface area contributed by atoms with Crippen molar-refractivity contribution in [1.82, 2.24) is 24.9 Å². The number of azo groups is 2. The Hall–Kier alpha value is -7.23. The number of nitrogens with zero attached hydrogens (tertiary/aromatic N) is 8. The van der Waals surface area contributed by atoms with E-state index in [0.717, 1.165) is 83.1 Å². The summed E-state index contributed by atoms with van der Waals surface area (Å²) in [4.78, 5) is 44.8. The average Bonchev–Trinajstić information content (AvgIpc) is 3.81. The molecule has 0 saturated carbocycles. The van der Waals surface area contributed by atoms with Crippen LogP contribution in [-0.2, 0) is 37.6 Å². The number of aromatic amines is 2. The molecule has 7 N–H and O–H groups in total. The molecule has 0 amide bonds. The van der Waals surface area contributed by atoms with E-state index >= 15 is 0 Å². The molecule has 6 rings (SSSR count). The van der Waals surface area contributed by atoms with Gasteiger partial charge in [-0.1, -0.05) is 76.5 Å². The minimum Gasteiger partial charge on any atom is -0.871 e. The number of nitrogens with one attached hydrogen (secondary N) is 3. The summed E-state index contributed by atoms with van der Waals surface area (Å²) in [6, 6.07) is 15.8. The first kappa shape index (κ1) is 62.1. The van der Waals surface area contributed by atoms with Gasteiger partial charge >= 0.3 is 17.4 Å². The van der Waals surface area contributed by atoms with Crippen LogP contribution in [-0.4, -0.2) is 85.3 Å². The van der Waals surface area contributed by atoms with Gasteiger partial charge in [-0.25, -0.2) is 9.36 Å². The Morgan fingerprint density at radius 3 is 1.41 bits per heavy atom. The van der Waals surface area contributed by atoms with Crippen LogP contribution in [0.4, 0.5) is 34.1 Å². The van der Waals surface area contributed by atoms with Crippen LogP contribution in [0.15, 0.2) is 125 Å². The number of hydrogen-bond donors (Lipinski definition) is 7. The molecule has 26 nitrogen and oxygen atoms in total. The molecule has 1 radical (unpaired) electrons. The molecular weight excluding hydrogens is 1060 g/mol. The summed E-state index contributed by atoms with van der Waals surface area (Å²) in [7, 11) is -8.75. The van der Waals surface area contributed by atoms with Gasteiger partial charge in [-0.2, -0.15) is 21.9 Å². The Balaban J connectivity index is 0.000000308. The summed E-state index contributed by atoms with van der Waals surface area (Å²) in [5.74, 6) is -0.956. The average molecular weight is 1120 g/mol. The number of hydrogen-bond acceptors (Lipinski definition) is 18. The summed E-state index contributed by atoms with van der Waals surface area (Å²) in [5.41, 5.74) is -1.56. The number of non-ortho nitro benzene ring substituents is 2. The topological polar surface area (TPSA) is 396 Å². The van der Waals surface area contributed by atoms with E-state index in [-0.39, 0.29) is 90.7 Å². The van der Waals surface area contributed by atoms with Crippen molar-refractivity contribution in [1.29, 1.82) is 0 Å². The number of aryl methyl sites for hydroxylation is 2. The maximum atomic E-state index is 12.6. The summed E-state index contributed by atoms with van der Waals surface area (Å²) in [6.45, 7) is 7.40. The number of phenols is 1. The van der Waals surface area contributed by atoms with Gasteiger partial charge in [-0.3, -0.25) is 49.1 Å². The maximum Gasteiger partial charge on any atom is 3.00 e. The van der Waals surface area contributed by atoms with Gasteiger partial charge in [0.1, 0.15) is 11.4 Å². The van der Waals surface area contributed by atoms with E-state index in [2.05, 4.69) is 42.9 Å². The van der Waals surface area contributed by atoms with Crippen molar-refractivity contribution in [3.05, 3.63) is 137 Å². The molecule has 0 aliphatic carbocycles. The number of phenolic OH excluding ortho intramolecular Hbond substituents is 1. The summed E-state index contributed by atoms with van der Waals surface area (Å²) in [6.07, 6.45) is 13.9. The fraction of sp³-hybridized carbons (Fsp3) is 0.348. The van der Waals surface area contributed by atoms with Gasteiger partial charge in [0.2, 0.25) is 0 Å². The van der Waals surface area contributed by atoms with Gasteiger partial charge in [0.05, 0.1) is 54.7 Å². The van der Waals surface area contributed by atoms with Gasteiger partial charge in [0.15, 0.2) is 11.4 Å². The smallest absolute Gasteiger partial charge is 0.871 e. The van der Waals surface area contributed by atoms with E-state index in [9.17, 15) is 56.9 Å². The van der Waals surface area contributed by atoms with Crippen LogP contribution in [0, 0.1) is 34.1 Å². The number of aliphatic hydroxyl groups excluding tert-OH is 1. The number of benzene rings is 4. The van der Waals surface area contributed by atoms with E-state index in [0.29, 0.717) is 5.69 Å². The number of aromatic nitrogens is 4. The Morgan fingerprint density at radius 2 is 1.00 bits per heavy atom. The Kier molecular flexibility index (Phi) is 24.5. The predicted octanol–water partition coefficient (Wildman–Crippen LogP) is 8.35. The van der Waals surface area contributed by atoms with Crippen LogP contribution < -0.4 is 21.5 Å². The molecule has 0 saturated heterocycles. The quantitative estimate of drug-likeness (QED) is 0.0104. The van der Waals surface area contributed by atoms with E-state index in [1.54, 1.807) is 0 Å². The third kappa shape index (κ3) is 18.9. The number of nitro benzene ring substituents is 2. The van der Waals surface area contributed by atoms with Crippen molar-refractivity contribution in [2.24, 2.45) is 20.5 Å². The number of aromatic hydroxyl groups is 1. The monoisotopic (exact) mass is 1120 g/mol. The number of rotatable bonds is 23. The molecule has 75 heavy (non-hydrogen) atoms. The minimum absolute atomic E-state index is 0. The molecule has 29 heteroatoms. The fourth-order valence-electron chi connectivity index (χ4n) is 6.76. The normalized spacial score (nSPS) is 11.4. The summed E-state index contributed by atoms with van der Waals surface area (Å²) in [5, 5.41) is 75.3. The third-order valence-electron chi connectivity index (χ3n) is 10.7. The van der Waals surface area contributed by atoms with Crippen molar-refractivity contribution in [3.8, 4) is 22.9 Å². The first-order chi connectivity index (χ1) is 35.1. The van der Waals surface area contributed by atoms with Crippen LogP contribution in [0.1, 0.15) is 82.5 Å². The van der Waals surface area contributed by atoms with E-state index in [1.165, 1.54) is 102 Å². The van der Waals surface area contributed by atoms with Crippen LogP contribution in [0.3, 0.4) is 0 Å². The second-order valence-corrected chi connectivity index (χ2v) is 19.1. The van der Waals surface area contributed by atoms with Crippen LogP contribution >= 0.6 is 0 Å². The second kappa shape index (κ2) is 29.6. The molecule has 0 aliphatic heterocycles. The molecule has 0 atom stereocenters. The third-order valence-corrected chi connectivity index (χ3v) is 12.4. The SMILES string of the molecule is CCCCCCCCCCCCNCCO.Cc1[nH]n(-c2ccc(S(=O)(=O)O)cc2)c(=O)c1N=Nc1cc([N+](=O)[O-])ccc1O.Cc1[nH]n(-c2ccc(S(=O)(=O)O)cc2)c(=O)c1N=Nc1cc([N+](=O)[O-])ccc1[O-].[Cr+3]. The molecule has 0 spiro atoms. The molecule has 0 bridgehead atoms. The van der Waals surface area contributed by atoms with Crippen molar-refractivity contribution in [2.45, 2.75) is 94.8 Å². The Morgan fingerprint density at radius 1 is 0.600 bits per heavy atom. The molecule has 401 valence electrons. The van der Waals surface area contributed by atoms with Crippen molar-refractivity contribution >= 4 is 54.4 Å². The van der Waals surface area contributed by atoms with Crippen molar-refractivity contribution in [3.63, 3.8) is 0 Å². The number of unbranched alkanes of at least 4 members (excludes halogenated alkanes) is 9. The van der Waals surface area contributed by atoms with Crippen LogP contribution in [0.25, 0.3) is 11.4 Å². The molecule has 0 fully saturated rings. The van der Waals surface area contributed by atoms with Gasteiger partial charge in [-0.05, 0) is 81.4 Å². The zero-order valence-corrected chi connectivity index (χ0v) is 43.8. The fourth-order valence-corrected chi connectivity index (χ4v) is 7.72. The molecular formula is C46H56CrN11O15S2+2. The van der Waals surface area contributed by atoms with Gasteiger partial charge in [-0.15, -0.1) is 15.3 Å². The Bertz CT molecular complexity index is 3050. The van der Waals surface area contributed by atoms with Gasteiger partial charge < -0.3 is 20.6 Å². The first-order valence-corrected chi connectivity index (χ1v) is 25.8. The molecule has 2 aromatic heterocycles. The molecule has 0 aliphatic rings. The number of H-pyrrole nitrogens is 2. The summed E-state index contributed by atoms with van der Waals surface area (Å²) >= 11 is 0. The number of nitro groups is 2. The molecule has 0 unspecified atom stereocenters. The standard InChI is InChI=1S/2C16H13N5O7S.C14H31NO.Cr/c2*1-9-15(18-17-13-8-11(21(24)25)4-7-14(13)22)16(23)20(19-9)10-2-5-12(6-3-10)29(26,27)28;1-2-3-4-5-6-7-8-9-10-11-12-15-13-14-16;/h2*2-8,19,22H,1H3,(H,26,27,28);15-16H,2-14H2,1H3;/q;;;+3/p-1. The number of aliphatic hydroxyl groups is 1. The molecule has 4 aromatic carbocycles. The largest absolute Gasteiger partial charge is 3.00 e. The van der Waals surface area contributed by atoms with E-state index in [1.807, 2.05) is 0 Å². The van der Waals surface area contributed by atoms with E-state index in [4.69, 9.17) is 14.2 Å². The molecule has 2 heterocycles. The maximum absolute atomic E-state index is 12.6. The minimum atomic E-state index is -4.38. The van der Waals surface area contributed by atoms with Crippen molar-refractivity contribution in [2.75, 3.05) is 19.7 Å². The van der Waals surface area contributed by atoms with E-state index < -0.39 is 47.0 Å². The van der Waals surface area contributed by atoms with Crippen LogP contribution in [0.5, 0.6) is 11.5 Å². The summed E-state index contributed by atoms with van der Waals surface area (Å²) < 4.78 is 64.6. The van der Waals surface area contributed by atoms with Crippen LogP contribution in [0.2, 0.25) is 0 Å². The predicted molar refractivity (Wildman–Crippen MR) is 269 cm³/mol. The second-order valence-electron chi connectivity index (χ2n) is 16.3. The van der Waals surface area contributed by atoms with Gasteiger partial charge in [0, 0.05) is 30.8 Å². The Labute approximate surface area is 440 Å². The molecule has 6 aromatic rings. The van der Waals surface area contributed by atoms with Crippen molar-refractivity contribution < 1.29 is 68.5 Å².